The Hall–Kier alpha value is -0.763. The second-order valence-corrected chi connectivity index (χ2v) is 6.71. The number of nitrogens with zero attached hydrogens (tertiary/aromatic N) is 3. The second kappa shape index (κ2) is 7.54. The van der Waals surface area contributed by atoms with Crippen molar-refractivity contribution in [3.05, 3.63) is 12.7 Å². The molecule has 1 rings (SSSR count). The molecular formula is C10H21N3O3Si. The summed E-state index contributed by atoms with van der Waals surface area (Å²) in [6.45, 7) is 3.60. The van der Waals surface area contributed by atoms with Crippen LogP contribution >= 0.6 is 0 Å². The third kappa shape index (κ3) is 4.54. The van der Waals surface area contributed by atoms with Gasteiger partial charge in [-0.25, -0.2) is 0 Å². The number of aromatic nitrogens is 3. The van der Waals surface area contributed by atoms with E-state index in [0.717, 1.165) is 25.4 Å². The molecule has 0 aliphatic heterocycles. The Morgan fingerprint density at radius 2 is 1.82 bits per heavy atom. The first-order chi connectivity index (χ1) is 8.26. The molecule has 0 spiro atoms. The van der Waals surface area contributed by atoms with Crippen LogP contribution in [0.4, 0.5) is 0 Å². The average molecular weight is 259 g/mol. The van der Waals surface area contributed by atoms with E-state index in [-0.39, 0.29) is 0 Å². The summed E-state index contributed by atoms with van der Waals surface area (Å²) in [6.07, 6.45) is 5.30. The van der Waals surface area contributed by atoms with Crippen molar-refractivity contribution in [2.45, 2.75) is 32.4 Å². The normalized spacial score (nSPS) is 11.9. The van der Waals surface area contributed by atoms with Crippen molar-refractivity contribution in [1.29, 1.82) is 0 Å². The summed E-state index contributed by atoms with van der Waals surface area (Å²) in [5.41, 5.74) is 0. The van der Waals surface area contributed by atoms with Gasteiger partial charge in [-0.3, -0.25) is 0 Å². The predicted octanol–water partition coefficient (Wildman–Crippen LogP) is 1.33. The minimum absolute atomic E-state index is 0.681. The summed E-state index contributed by atoms with van der Waals surface area (Å²) in [4.78, 5) is 0. The summed E-state index contributed by atoms with van der Waals surface area (Å²) in [5, 5.41) is 7.52. The smallest absolute Gasteiger partial charge is 0.377 e. The fourth-order valence-electron chi connectivity index (χ4n) is 1.55. The van der Waals surface area contributed by atoms with Gasteiger partial charge in [-0.15, -0.1) is 10.2 Å². The van der Waals surface area contributed by atoms with Gasteiger partial charge in [0, 0.05) is 33.4 Å². The van der Waals surface area contributed by atoms with Crippen LogP contribution in [0.5, 0.6) is 0 Å². The van der Waals surface area contributed by atoms with Gasteiger partial charge in [0.05, 0.1) is 0 Å². The molecule has 0 aliphatic rings. The zero-order valence-electron chi connectivity index (χ0n) is 10.8. The zero-order chi connectivity index (χ0) is 12.6. The highest BCUT2D eigenvalue weighted by Gasteiger charge is 2.38. The Morgan fingerprint density at radius 3 is 2.35 bits per heavy atom. The molecule has 1 heterocycles. The molecule has 0 amide bonds. The van der Waals surface area contributed by atoms with Crippen molar-refractivity contribution in [1.82, 2.24) is 14.8 Å². The van der Waals surface area contributed by atoms with Crippen LogP contribution in [0.1, 0.15) is 19.8 Å². The maximum absolute atomic E-state index is 5.75. The third-order valence-corrected chi connectivity index (χ3v) is 5.37. The molecular weight excluding hydrogens is 238 g/mol. The van der Waals surface area contributed by atoms with E-state index in [4.69, 9.17) is 13.3 Å². The zero-order valence-corrected chi connectivity index (χ0v) is 11.8. The lowest BCUT2D eigenvalue weighted by molar-refractivity contribution is 0.0974. The molecule has 0 bridgehead atoms. The van der Waals surface area contributed by atoms with Crippen LogP contribution < -0.4 is 0 Å². The topological polar surface area (TPSA) is 58.4 Å². The van der Waals surface area contributed by atoms with E-state index in [9.17, 15) is 0 Å². The predicted molar refractivity (Wildman–Crippen MR) is 65.5 cm³/mol. The van der Waals surface area contributed by atoms with Crippen molar-refractivity contribution in [3.63, 3.8) is 0 Å². The summed E-state index contributed by atoms with van der Waals surface area (Å²) in [6, 6.07) is 0.804. The van der Waals surface area contributed by atoms with E-state index in [1.165, 1.54) is 0 Å². The second-order valence-electron chi connectivity index (χ2n) is 3.74. The van der Waals surface area contributed by atoms with Crippen molar-refractivity contribution >= 4 is 8.80 Å². The first kappa shape index (κ1) is 14.3. The van der Waals surface area contributed by atoms with E-state index in [1.54, 1.807) is 26.9 Å². The summed E-state index contributed by atoms with van der Waals surface area (Å²) >= 11 is 0. The lowest BCUT2D eigenvalue weighted by atomic mass is 10.5. The highest BCUT2D eigenvalue weighted by molar-refractivity contribution is 6.60. The fraction of sp³-hybridized carbons (Fsp3) is 0.800. The number of hydrogen-bond acceptors (Lipinski definition) is 5. The monoisotopic (exact) mass is 259 g/mol. The van der Waals surface area contributed by atoms with Gasteiger partial charge in [-0.05, 0) is 12.8 Å². The average Bonchev–Trinajstić information content (AvgIpc) is 2.87. The summed E-state index contributed by atoms with van der Waals surface area (Å²) in [7, 11) is 0.862. The largest absolute Gasteiger partial charge is 0.500 e. The van der Waals surface area contributed by atoms with Crippen LogP contribution in [-0.2, 0) is 19.8 Å². The fourth-order valence-corrected chi connectivity index (χ4v) is 3.61. The maximum atomic E-state index is 5.75. The molecule has 0 fully saturated rings. The molecule has 0 aliphatic carbocycles. The molecule has 0 unspecified atom stereocenters. The van der Waals surface area contributed by atoms with Crippen molar-refractivity contribution in [3.8, 4) is 0 Å². The lowest BCUT2D eigenvalue weighted by Crippen LogP contribution is -2.44. The number of aryl methyl sites for hydroxylation is 1. The van der Waals surface area contributed by atoms with Gasteiger partial charge >= 0.3 is 8.80 Å². The molecule has 1 aromatic heterocycles. The van der Waals surface area contributed by atoms with Crippen molar-refractivity contribution < 1.29 is 13.3 Å². The SMILES string of the molecule is CCCO[Si](CCCn1cnnc1)(OC)OC. The minimum Gasteiger partial charge on any atom is -0.377 e. The van der Waals surface area contributed by atoms with E-state index >= 15 is 0 Å². The molecule has 0 atom stereocenters. The Labute approximate surface area is 103 Å². The molecule has 6 nitrogen and oxygen atoms in total. The molecule has 0 aromatic carbocycles. The van der Waals surface area contributed by atoms with E-state index in [2.05, 4.69) is 17.1 Å². The molecule has 0 saturated carbocycles. The van der Waals surface area contributed by atoms with E-state index < -0.39 is 8.80 Å². The Bertz CT molecular complexity index is 291. The van der Waals surface area contributed by atoms with Gasteiger partial charge in [0.2, 0.25) is 0 Å². The molecule has 0 radical (unpaired) electrons. The maximum Gasteiger partial charge on any atom is 0.500 e. The van der Waals surface area contributed by atoms with Gasteiger partial charge in [-0.1, -0.05) is 6.92 Å². The van der Waals surface area contributed by atoms with Crippen LogP contribution in [-0.4, -0.2) is 44.4 Å². The van der Waals surface area contributed by atoms with Crippen LogP contribution in [0.2, 0.25) is 6.04 Å². The van der Waals surface area contributed by atoms with Crippen molar-refractivity contribution in [2.75, 3.05) is 20.8 Å². The minimum atomic E-state index is -2.45. The standard InChI is InChI=1S/C10H21N3O3Si/c1-4-7-16-17(14-2,15-3)8-5-6-13-9-11-12-10-13/h9-10H,4-8H2,1-3H3. The van der Waals surface area contributed by atoms with Crippen LogP contribution in [0.25, 0.3) is 0 Å². The van der Waals surface area contributed by atoms with E-state index in [1.807, 2.05) is 4.57 Å². The van der Waals surface area contributed by atoms with Crippen LogP contribution in [0.3, 0.4) is 0 Å². The molecule has 0 saturated heterocycles. The summed E-state index contributed by atoms with van der Waals surface area (Å²) < 4.78 is 18.6. The van der Waals surface area contributed by atoms with E-state index in [0.29, 0.717) is 6.61 Å². The van der Waals surface area contributed by atoms with Gasteiger partial charge < -0.3 is 17.8 Å². The summed E-state index contributed by atoms with van der Waals surface area (Å²) in [5.74, 6) is 0. The van der Waals surface area contributed by atoms with Crippen molar-refractivity contribution in [2.24, 2.45) is 0 Å². The van der Waals surface area contributed by atoms with Crippen LogP contribution in [0, 0.1) is 0 Å². The van der Waals surface area contributed by atoms with Gasteiger partial charge in [0.1, 0.15) is 12.7 Å². The van der Waals surface area contributed by atoms with Gasteiger partial charge in [0.15, 0.2) is 0 Å². The Morgan fingerprint density at radius 1 is 1.18 bits per heavy atom. The quantitative estimate of drug-likeness (QED) is 0.626. The highest BCUT2D eigenvalue weighted by atomic mass is 28.4. The first-order valence-electron chi connectivity index (χ1n) is 5.83. The Kier molecular flexibility index (Phi) is 6.34. The van der Waals surface area contributed by atoms with Crippen LogP contribution in [0.15, 0.2) is 12.7 Å². The van der Waals surface area contributed by atoms with Gasteiger partial charge in [-0.2, -0.15) is 0 Å². The lowest BCUT2D eigenvalue weighted by Gasteiger charge is -2.26. The Balaban J connectivity index is 2.37. The highest BCUT2D eigenvalue weighted by Crippen LogP contribution is 2.17. The number of rotatable bonds is 9. The molecule has 98 valence electrons. The molecule has 7 heteroatoms. The molecule has 0 N–H and O–H groups in total. The molecule has 1 aromatic rings. The van der Waals surface area contributed by atoms with Gasteiger partial charge in [0.25, 0.3) is 0 Å². The number of hydrogen-bond donors (Lipinski definition) is 0. The third-order valence-electron chi connectivity index (χ3n) is 2.51. The molecule has 17 heavy (non-hydrogen) atoms. The first-order valence-corrected chi connectivity index (χ1v) is 7.76.